The van der Waals surface area contributed by atoms with Gasteiger partial charge >= 0.3 is 12.1 Å². The molecule has 0 fully saturated rings. The highest BCUT2D eigenvalue weighted by atomic mass is 19.2. The summed E-state index contributed by atoms with van der Waals surface area (Å²) in [6.07, 6.45) is -1.83. The van der Waals surface area contributed by atoms with Crippen molar-refractivity contribution < 1.29 is 29.4 Å². The summed E-state index contributed by atoms with van der Waals surface area (Å²) in [6, 6.07) is 0. The first-order valence-corrected chi connectivity index (χ1v) is 1.98. The van der Waals surface area contributed by atoms with Crippen molar-refractivity contribution in [1.29, 1.82) is 0 Å². The molecule has 0 aromatic carbocycles. The van der Waals surface area contributed by atoms with Crippen LogP contribution in [-0.4, -0.2) is 34.0 Å². The van der Waals surface area contributed by atoms with Crippen molar-refractivity contribution in [2.75, 3.05) is 6.54 Å². The van der Waals surface area contributed by atoms with Crippen LogP contribution in [0.2, 0.25) is 0 Å². The molecule has 0 aromatic heterocycles. The van der Waals surface area contributed by atoms with E-state index in [9.17, 15) is 9.28 Å². The molecule has 0 saturated heterocycles. The van der Waals surface area contributed by atoms with E-state index in [1.54, 1.807) is 0 Å². The Labute approximate surface area is 54.8 Å². The Bertz CT molecular complexity index is 111. The SMILES string of the molecule is O=C(O)CNF.O=C(O)O. The van der Waals surface area contributed by atoms with Crippen LogP contribution in [0.5, 0.6) is 0 Å². The maximum Gasteiger partial charge on any atom is 0.503 e. The number of carboxylic acids is 1. The molecule has 0 saturated carbocycles. The first kappa shape index (κ1) is 11.4. The molecule has 10 heavy (non-hydrogen) atoms. The summed E-state index contributed by atoms with van der Waals surface area (Å²) >= 11 is 0. The van der Waals surface area contributed by atoms with Gasteiger partial charge in [0.2, 0.25) is 0 Å². The Morgan fingerprint density at radius 1 is 1.30 bits per heavy atom. The number of hydrogen-bond acceptors (Lipinski definition) is 3. The zero-order valence-electron chi connectivity index (χ0n) is 4.74. The fourth-order valence-electron chi connectivity index (χ4n) is 0.0572. The van der Waals surface area contributed by atoms with Crippen LogP contribution in [0.25, 0.3) is 0 Å². The molecule has 0 aliphatic heterocycles. The molecule has 6 nitrogen and oxygen atoms in total. The van der Waals surface area contributed by atoms with Gasteiger partial charge in [0, 0.05) is 0 Å². The number of rotatable bonds is 2. The van der Waals surface area contributed by atoms with Crippen LogP contribution in [0.15, 0.2) is 0 Å². The van der Waals surface area contributed by atoms with Crippen molar-refractivity contribution in [2.45, 2.75) is 0 Å². The van der Waals surface area contributed by atoms with E-state index < -0.39 is 18.7 Å². The molecule has 0 amide bonds. The lowest BCUT2D eigenvalue weighted by atomic mass is 10.7. The van der Waals surface area contributed by atoms with E-state index in [-0.39, 0.29) is 0 Å². The van der Waals surface area contributed by atoms with Crippen LogP contribution < -0.4 is 5.54 Å². The highest BCUT2D eigenvalue weighted by Crippen LogP contribution is 1.55. The van der Waals surface area contributed by atoms with Crippen molar-refractivity contribution in [2.24, 2.45) is 0 Å². The third-order valence-electron chi connectivity index (χ3n) is 0.218. The van der Waals surface area contributed by atoms with Crippen LogP contribution in [0.1, 0.15) is 0 Å². The van der Waals surface area contributed by atoms with Gasteiger partial charge in [-0.05, 0) is 0 Å². The molecular weight excluding hydrogens is 149 g/mol. The summed E-state index contributed by atoms with van der Waals surface area (Å²) in [7, 11) is 0. The second kappa shape index (κ2) is 7.63. The topological polar surface area (TPSA) is 107 Å². The number of carbonyl (C=O) groups is 2. The van der Waals surface area contributed by atoms with Crippen LogP contribution in [0.4, 0.5) is 9.28 Å². The van der Waals surface area contributed by atoms with Crippen LogP contribution in [0.3, 0.4) is 0 Å². The number of halogens is 1. The molecule has 60 valence electrons. The lowest BCUT2D eigenvalue weighted by Gasteiger charge is -1.80. The van der Waals surface area contributed by atoms with E-state index >= 15 is 0 Å². The number of nitrogens with one attached hydrogen (secondary N) is 1. The Hall–Kier alpha value is -1.37. The summed E-state index contributed by atoms with van der Waals surface area (Å²) in [5.41, 5.74) is 0.968. The summed E-state index contributed by atoms with van der Waals surface area (Å²) in [5.74, 6) is -1.20. The second-order valence-corrected chi connectivity index (χ2v) is 0.987. The van der Waals surface area contributed by atoms with Crippen LogP contribution in [0, 0.1) is 0 Å². The third-order valence-corrected chi connectivity index (χ3v) is 0.218. The number of carboxylic acid groups (broad SMARTS) is 3. The molecule has 0 spiro atoms. The lowest BCUT2D eigenvalue weighted by molar-refractivity contribution is -0.136. The average molecular weight is 155 g/mol. The predicted octanol–water partition coefficient (Wildman–Crippen LogP) is -0.232. The summed E-state index contributed by atoms with van der Waals surface area (Å²) < 4.78 is 10.6. The van der Waals surface area contributed by atoms with Gasteiger partial charge in [0.15, 0.2) is 0 Å². The molecule has 0 heterocycles. The van der Waals surface area contributed by atoms with Crippen molar-refractivity contribution in [3.63, 3.8) is 0 Å². The molecular formula is C3H6FNO5. The minimum absolute atomic E-state index is 0.625. The second-order valence-electron chi connectivity index (χ2n) is 0.987. The molecule has 0 unspecified atom stereocenters. The average Bonchev–Trinajstić information content (AvgIpc) is 1.62. The van der Waals surface area contributed by atoms with Crippen molar-refractivity contribution >= 4 is 12.1 Å². The molecule has 0 aliphatic carbocycles. The molecule has 4 N–H and O–H groups in total. The molecule has 0 aromatic rings. The number of aliphatic carboxylic acids is 1. The van der Waals surface area contributed by atoms with Gasteiger partial charge in [0.1, 0.15) is 6.54 Å². The lowest BCUT2D eigenvalue weighted by Crippen LogP contribution is -2.13. The van der Waals surface area contributed by atoms with Gasteiger partial charge in [-0.2, -0.15) is 0 Å². The van der Waals surface area contributed by atoms with E-state index in [2.05, 4.69) is 0 Å². The standard InChI is InChI=1S/C2H4FNO2.CH2O3/c3-4-1-2(5)6;2-1(3)4/h4H,1H2,(H,5,6);(H2,2,3,4). The van der Waals surface area contributed by atoms with Crippen molar-refractivity contribution in [3.05, 3.63) is 0 Å². The minimum Gasteiger partial charge on any atom is -0.480 e. The first-order chi connectivity index (χ1) is 4.50. The minimum atomic E-state index is -1.83. The van der Waals surface area contributed by atoms with Crippen LogP contribution in [-0.2, 0) is 4.79 Å². The highest BCUT2D eigenvalue weighted by molar-refractivity contribution is 5.68. The van der Waals surface area contributed by atoms with Gasteiger partial charge in [-0.15, -0.1) is 10.0 Å². The molecule has 0 aliphatic rings. The Morgan fingerprint density at radius 3 is 1.60 bits per heavy atom. The Morgan fingerprint density at radius 2 is 1.60 bits per heavy atom. The zero-order chi connectivity index (χ0) is 8.57. The summed E-state index contributed by atoms with van der Waals surface area (Å²) in [6.45, 7) is -0.625. The van der Waals surface area contributed by atoms with E-state index in [1.165, 1.54) is 0 Å². The van der Waals surface area contributed by atoms with Gasteiger partial charge in [-0.25, -0.2) is 4.79 Å². The van der Waals surface area contributed by atoms with Crippen molar-refractivity contribution in [1.82, 2.24) is 5.54 Å². The fraction of sp³-hybridized carbons (Fsp3) is 0.333. The molecule has 0 atom stereocenters. The van der Waals surface area contributed by atoms with Gasteiger partial charge in [-0.1, -0.05) is 0 Å². The molecule has 0 bridgehead atoms. The Balaban J connectivity index is 0. The van der Waals surface area contributed by atoms with E-state index in [1.807, 2.05) is 0 Å². The van der Waals surface area contributed by atoms with Crippen LogP contribution >= 0.6 is 0 Å². The maximum atomic E-state index is 10.6. The summed E-state index contributed by atoms with van der Waals surface area (Å²) in [5, 5.41) is 21.6. The predicted molar refractivity (Wildman–Crippen MR) is 27.4 cm³/mol. The first-order valence-electron chi connectivity index (χ1n) is 1.98. The van der Waals surface area contributed by atoms with Gasteiger partial charge in [-0.3, -0.25) is 4.79 Å². The van der Waals surface area contributed by atoms with E-state index in [0.717, 1.165) is 5.54 Å². The third kappa shape index (κ3) is 79.1. The monoisotopic (exact) mass is 155 g/mol. The maximum absolute atomic E-state index is 10.6. The van der Waals surface area contributed by atoms with Gasteiger partial charge in [0.25, 0.3) is 0 Å². The largest absolute Gasteiger partial charge is 0.503 e. The van der Waals surface area contributed by atoms with E-state index in [4.69, 9.17) is 20.1 Å². The highest BCUT2D eigenvalue weighted by Gasteiger charge is 1.88. The fourth-order valence-corrected chi connectivity index (χ4v) is 0.0572. The van der Waals surface area contributed by atoms with Crippen molar-refractivity contribution in [3.8, 4) is 0 Å². The smallest absolute Gasteiger partial charge is 0.480 e. The molecule has 0 radical (unpaired) electrons. The van der Waals surface area contributed by atoms with Gasteiger partial charge < -0.3 is 15.3 Å². The van der Waals surface area contributed by atoms with Gasteiger partial charge in [0.05, 0.1) is 0 Å². The molecule has 7 heteroatoms. The number of hydrogen-bond donors (Lipinski definition) is 4. The Kier molecular flexibility index (Phi) is 8.72. The molecule has 0 rings (SSSR count). The van der Waals surface area contributed by atoms with E-state index in [0.29, 0.717) is 0 Å². The zero-order valence-corrected chi connectivity index (χ0v) is 4.74. The normalized spacial score (nSPS) is 7.30. The quantitative estimate of drug-likeness (QED) is 0.410. The summed E-state index contributed by atoms with van der Waals surface area (Å²) in [4.78, 5) is 17.9.